The molecule has 4 rings (SSSR count). The van der Waals surface area contributed by atoms with Crippen LogP contribution < -0.4 is 10.1 Å². The standard InChI is InChI=1S/C34H33NO6/c36-29(26-13-7-5-8-14-26)23-20-25-18-21-28(22-19-25)41-30(37)17-11-3-1-2-4-12-24-40-32-31(33(38)35-34(32)39)27-15-9-6-10-16-27/h5-10,13-16,18-23H,1-4,11-12,17,24H2,(H,35,38,39). The Morgan fingerprint density at radius 2 is 1.34 bits per heavy atom. The second-order valence-corrected chi connectivity index (χ2v) is 9.68. The number of allylic oxidation sites excluding steroid dienone is 1. The van der Waals surface area contributed by atoms with Crippen LogP contribution in [0.15, 0.2) is 96.8 Å². The van der Waals surface area contributed by atoms with Crippen molar-refractivity contribution in [2.45, 2.75) is 44.9 Å². The number of hydrogen-bond acceptors (Lipinski definition) is 6. The van der Waals surface area contributed by atoms with Crippen LogP contribution in [-0.4, -0.2) is 30.2 Å². The fraction of sp³-hybridized carbons (Fsp3) is 0.235. The van der Waals surface area contributed by atoms with Crippen LogP contribution in [0.3, 0.4) is 0 Å². The van der Waals surface area contributed by atoms with Gasteiger partial charge in [0.1, 0.15) is 5.75 Å². The number of imide groups is 1. The number of unbranched alkanes of at least 4 members (excludes halogenated alkanes) is 5. The quantitative estimate of drug-likeness (QED) is 0.0594. The van der Waals surface area contributed by atoms with Crippen LogP contribution in [0.4, 0.5) is 0 Å². The van der Waals surface area contributed by atoms with Crippen molar-refractivity contribution in [2.75, 3.05) is 6.61 Å². The van der Waals surface area contributed by atoms with Gasteiger partial charge in [-0.2, -0.15) is 0 Å². The summed E-state index contributed by atoms with van der Waals surface area (Å²) in [7, 11) is 0. The molecule has 0 saturated carbocycles. The summed E-state index contributed by atoms with van der Waals surface area (Å²) in [5.41, 5.74) is 2.41. The van der Waals surface area contributed by atoms with Gasteiger partial charge in [-0.1, -0.05) is 105 Å². The molecule has 0 spiro atoms. The van der Waals surface area contributed by atoms with Crippen molar-refractivity contribution in [1.29, 1.82) is 0 Å². The first-order valence-corrected chi connectivity index (χ1v) is 13.9. The average Bonchev–Trinajstić information content (AvgIpc) is 3.28. The highest BCUT2D eigenvalue weighted by Gasteiger charge is 2.32. The van der Waals surface area contributed by atoms with E-state index >= 15 is 0 Å². The molecule has 0 saturated heterocycles. The van der Waals surface area contributed by atoms with Gasteiger partial charge in [-0.3, -0.25) is 24.5 Å². The summed E-state index contributed by atoms with van der Waals surface area (Å²) < 4.78 is 11.1. The van der Waals surface area contributed by atoms with Crippen molar-refractivity contribution in [1.82, 2.24) is 5.32 Å². The smallest absolute Gasteiger partial charge is 0.311 e. The van der Waals surface area contributed by atoms with Crippen LogP contribution in [0, 0.1) is 0 Å². The topological polar surface area (TPSA) is 98.8 Å². The van der Waals surface area contributed by atoms with Crippen molar-refractivity contribution in [3.63, 3.8) is 0 Å². The molecule has 210 valence electrons. The number of ketones is 1. The molecule has 0 radical (unpaired) electrons. The Bertz CT molecular complexity index is 1410. The van der Waals surface area contributed by atoms with Crippen LogP contribution >= 0.6 is 0 Å². The van der Waals surface area contributed by atoms with Crippen LogP contribution in [0.25, 0.3) is 11.6 Å². The van der Waals surface area contributed by atoms with Gasteiger partial charge in [0, 0.05) is 12.0 Å². The van der Waals surface area contributed by atoms with E-state index in [4.69, 9.17) is 9.47 Å². The SMILES string of the molecule is O=C(CCCCCCCCOC1=C(c2ccccc2)C(=O)NC1=O)Oc1ccc(C=CC(=O)c2ccccc2)cc1. The van der Waals surface area contributed by atoms with Gasteiger partial charge in [0.25, 0.3) is 11.8 Å². The minimum atomic E-state index is -0.496. The highest BCUT2D eigenvalue weighted by Crippen LogP contribution is 2.25. The molecule has 0 fully saturated rings. The van der Waals surface area contributed by atoms with Gasteiger partial charge in [0.05, 0.1) is 12.2 Å². The number of carbonyl (C=O) groups excluding carboxylic acids is 4. The van der Waals surface area contributed by atoms with Gasteiger partial charge < -0.3 is 9.47 Å². The maximum atomic E-state index is 12.2. The van der Waals surface area contributed by atoms with Gasteiger partial charge in [-0.15, -0.1) is 0 Å². The zero-order valence-corrected chi connectivity index (χ0v) is 22.8. The summed E-state index contributed by atoms with van der Waals surface area (Å²) in [5.74, 6) is -0.707. The Morgan fingerprint density at radius 3 is 2.05 bits per heavy atom. The van der Waals surface area contributed by atoms with E-state index in [0.29, 0.717) is 29.9 Å². The van der Waals surface area contributed by atoms with E-state index in [1.165, 1.54) is 6.08 Å². The molecule has 0 aromatic heterocycles. The normalized spacial score (nSPS) is 13.0. The molecule has 0 unspecified atom stereocenters. The summed E-state index contributed by atoms with van der Waals surface area (Å²) in [5, 5.41) is 2.30. The number of carbonyl (C=O) groups is 4. The van der Waals surface area contributed by atoms with Crippen LogP contribution in [0.5, 0.6) is 5.75 Å². The van der Waals surface area contributed by atoms with Crippen LogP contribution in [0.2, 0.25) is 0 Å². The molecule has 7 heteroatoms. The highest BCUT2D eigenvalue weighted by molar-refractivity contribution is 6.35. The van der Waals surface area contributed by atoms with E-state index in [2.05, 4.69) is 5.32 Å². The van der Waals surface area contributed by atoms with Crippen molar-refractivity contribution in [3.05, 3.63) is 113 Å². The minimum Gasteiger partial charge on any atom is -0.487 e. The first kappa shape index (κ1) is 29.2. The highest BCUT2D eigenvalue weighted by atomic mass is 16.5. The number of rotatable bonds is 15. The van der Waals surface area contributed by atoms with Crippen LogP contribution in [-0.2, 0) is 19.1 Å². The maximum Gasteiger partial charge on any atom is 0.311 e. The second-order valence-electron chi connectivity index (χ2n) is 9.68. The van der Waals surface area contributed by atoms with E-state index < -0.39 is 11.8 Å². The summed E-state index contributed by atoms with van der Waals surface area (Å²) in [4.78, 5) is 48.7. The van der Waals surface area contributed by atoms with Gasteiger partial charge >= 0.3 is 5.97 Å². The molecular formula is C34H33NO6. The number of benzene rings is 3. The van der Waals surface area contributed by atoms with E-state index in [1.807, 2.05) is 36.4 Å². The first-order chi connectivity index (χ1) is 20.0. The van der Waals surface area contributed by atoms with E-state index in [0.717, 1.165) is 44.1 Å². The molecule has 0 aliphatic carbocycles. The summed E-state index contributed by atoms with van der Waals surface area (Å²) in [6, 6.07) is 25.1. The monoisotopic (exact) mass is 551 g/mol. The molecule has 1 aliphatic heterocycles. The maximum absolute atomic E-state index is 12.2. The Balaban J connectivity index is 1.07. The number of ether oxygens (including phenoxy) is 2. The van der Waals surface area contributed by atoms with Crippen molar-refractivity contribution in [3.8, 4) is 5.75 Å². The summed E-state index contributed by atoms with van der Waals surface area (Å²) >= 11 is 0. The lowest BCUT2D eigenvalue weighted by Crippen LogP contribution is -2.23. The molecule has 41 heavy (non-hydrogen) atoms. The molecule has 1 N–H and O–H groups in total. The zero-order valence-electron chi connectivity index (χ0n) is 22.8. The molecule has 1 heterocycles. The third-order valence-electron chi connectivity index (χ3n) is 6.57. The largest absolute Gasteiger partial charge is 0.487 e. The fourth-order valence-electron chi connectivity index (χ4n) is 4.40. The molecule has 3 aromatic carbocycles. The Labute approximate surface area is 239 Å². The van der Waals surface area contributed by atoms with Crippen molar-refractivity contribution < 1.29 is 28.7 Å². The Hall–Kier alpha value is -4.78. The average molecular weight is 552 g/mol. The molecule has 3 aromatic rings. The number of nitrogens with one attached hydrogen (secondary N) is 1. The number of amides is 2. The third-order valence-corrected chi connectivity index (χ3v) is 6.57. The third kappa shape index (κ3) is 8.86. The number of hydrogen-bond donors (Lipinski definition) is 1. The van der Waals surface area contributed by atoms with Crippen molar-refractivity contribution >= 4 is 35.2 Å². The van der Waals surface area contributed by atoms with Gasteiger partial charge in [0.2, 0.25) is 0 Å². The lowest BCUT2D eigenvalue weighted by Gasteiger charge is -2.08. The van der Waals surface area contributed by atoms with Crippen molar-refractivity contribution in [2.24, 2.45) is 0 Å². The van der Waals surface area contributed by atoms with Crippen LogP contribution in [0.1, 0.15) is 66.4 Å². The Kier molecular flexibility index (Phi) is 10.8. The summed E-state index contributed by atoms with van der Waals surface area (Å²) in [6.45, 7) is 0.358. The van der Waals surface area contributed by atoms with Gasteiger partial charge in [0.15, 0.2) is 11.5 Å². The van der Waals surface area contributed by atoms with Gasteiger partial charge in [-0.05, 0) is 42.2 Å². The zero-order chi connectivity index (χ0) is 28.9. The predicted molar refractivity (Wildman–Crippen MR) is 157 cm³/mol. The lowest BCUT2D eigenvalue weighted by atomic mass is 10.1. The summed E-state index contributed by atoms with van der Waals surface area (Å²) in [6.07, 6.45) is 8.91. The minimum absolute atomic E-state index is 0.0691. The van der Waals surface area contributed by atoms with E-state index in [-0.39, 0.29) is 23.1 Å². The Morgan fingerprint density at radius 1 is 0.707 bits per heavy atom. The van der Waals surface area contributed by atoms with Gasteiger partial charge in [-0.25, -0.2) is 0 Å². The first-order valence-electron chi connectivity index (χ1n) is 13.9. The fourth-order valence-corrected chi connectivity index (χ4v) is 4.40. The molecule has 0 bridgehead atoms. The molecule has 0 atom stereocenters. The number of esters is 1. The van der Waals surface area contributed by atoms with E-state index in [1.54, 1.807) is 54.6 Å². The molecule has 7 nitrogen and oxygen atoms in total. The lowest BCUT2D eigenvalue weighted by molar-refractivity contribution is -0.134. The molecule has 1 aliphatic rings. The second kappa shape index (κ2) is 15.1. The predicted octanol–water partition coefficient (Wildman–Crippen LogP) is 6.30. The molecule has 2 amide bonds. The molecular weight excluding hydrogens is 518 g/mol. The van der Waals surface area contributed by atoms with E-state index in [9.17, 15) is 19.2 Å².